The Morgan fingerprint density at radius 1 is 0.938 bits per heavy atom. The van der Waals surface area contributed by atoms with Crippen LogP contribution < -0.4 is 0 Å². The van der Waals surface area contributed by atoms with Gasteiger partial charge in [-0.05, 0) is 25.3 Å². The van der Waals surface area contributed by atoms with Crippen LogP contribution in [0.15, 0.2) is 12.2 Å². The Labute approximate surface area is 101 Å². The highest BCUT2D eigenvalue weighted by molar-refractivity contribution is 5.14. The van der Waals surface area contributed by atoms with E-state index in [1.165, 1.54) is 38.5 Å². The molecule has 16 heavy (non-hydrogen) atoms. The first kappa shape index (κ1) is 15.3. The highest BCUT2D eigenvalue weighted by Crippen LogP contribution is 2.07. The molecule has 0 atom stereocenters. The highest BCUT2D eigenvalue weighted by atomic mass is 16.2. The molecule has 0 saturated carbocycles. The van der Waals surface area contributed by atoms with Gasteiger partial charge in [-0.2, -0.15) is 0 Å². The zero-order chi connectivity index (χ0) is 11.9. The first-order valence-corrected chi connectivity index (χ1v) is 6.66. The molecule has 92 valence electrons. The molecule has 1 heteroatoms. The molecule has 1 nitrogen and oxygen atoms in total. The Morgan fingerprint density at radius 2 is 1.56 bits per heavy atom. The molecule has 0 bridgehead atoms. The van der Waals surface area contributed by atoms with Gasteiger partial charge in [-0.1, -0.05) is 56.9 Å². The topological polar surface area (TPSA) is 20.2 Å². The summed E-state index contributed by atoms with van der Waals surface area (Å²) in [5.74, 6) is 6.21. The summed E-state index contributed by atoms with van der Waals surface area (Å²) >= 11 is 0. The van der Waals surface area contributed by atoms with Gasteiger partial charge in [-0.3, -0.25) is 0 Å². The van der Waals surface area contributed by atoms with Crippen LogP contribution in [-0.4, -0.2) is 11.7 Å². The zero-order valence-corrected chi connectivity index (χ0v) is 10.7. The predicted molar refractivity (Wildman–Crippen MR) is 71.2 cm³/mol. The molecular formula is C15H26O. The molecule has 0 unspecified atom stereocenters. The maximum Gasteiger partial charge on any atom is 0.0431 e. The molecule has 0 aliphatic rings. The maximum atomic E-state index is 8.61. The molecule has 0 fully saturated rings. The van der Waals surface area contributed by atoms with Gasteiger partial charge in [-0.25, -0.2) is 0 Å². The van der Waals surface area contributed by atoms with E-state index < -0.39 is 0 Å². The van der Waals surface area contributed by atoms with E-state index in [0.29, 0.717) is 6.61 Å². The first-order chi connectivity index (χ1) is 7.91. The fourth-order valence-corrected chi connectivity index (χ4v) is 1.52. The molecule has 0 aliphatic carbocycles. The lowest BCUT2D eigenvalue weighted by atomic mass is 10.1. The van der Waals surface area contributed by atoms with Gasteiger partial charge in [0, 0.05) is 13.0 Å². The third-order valence-corrected chi connectivity index (χ3v) is 2.50. The van der Waals surface area contributed by atoms with Crippen molar-refractivity contribution in [2.75, 3.05) is 6.61 Å². The van der Waals surface area contributed by atoms with Gasteiger partial charge >= 0.3 is 0 Å². The van der Waals surface area contributed by atoms with Crippen LogP contribution in [0.1, 0.15) is 64.7 Å². The zero-order valence-electron chi connectivity index (χ0n) is 10.7. The van der Waals surface area contributed by atoms with E-state index in [9.17, 15) is 0 Å². The smallest absolute Gasteiger partial charge is 0.0431 e. The molecule has 1 N–H and O–H groups in total. The third kappa shape index (κ3) is 13.3. The Kier molecular flexibility index (Phi) is 13.6. The largest absolute Gasteiger partial charge is 0.396 e. The van der Waals surface area contributed by atoms with Crippen molar-refractivity contribution in [1.82, 2.24) is 0 Å². The summed E-state index contributed by atoms with van der Waals surface area (Å²) in [6, 6.07) is 0. The van der Waals surface area contributed by atoms with E-state index in [-0.39, 0.29) is 0 Å². The second-order valence-corrected chi connectivity index (χ2v) is 4.08. The van der Waals surface area contributed by atoms with Crippen molar-refractivity contribution in [3.63, 3.8) is 0 Å². The van der Waals surface area contributed by atoms with Crippen molar-refractivity contribution < 1.29 is 5.11 Å². The first-order valence-electron chi connectivity index (χ1n) is 6.66. The number of unbranched alkanes of at least 4 members (excludes halogenated alkanes) is 7. The number of rotatable bonds is 9. The van der Waals surface area contributed by atoms with E-state index in [1.807, 2.05) is 6.08 Å². The second kappa shape index (κ2) is 14.3. The summed E-state index contributed by atoms with van der Waals surface area (Å²) in [6.07, 6.45) is 14.7. The normalized spacial score (nSPS) is 10.4. The average Bonchev–Trinajstić information content (AvgIpc) is 2.31. The Bertz CT molecular complexity index is 207. The lowest BCUT2D eigenvalue weighted by molar-refractivity contribution is 0.282. The Morgan fingerprint density at radius 3 is 2.19 bits per heavy atom. The molecule has 0 saturated heterocycles. The van der Waals surface area contributed by atoms with E-state index in [1.54, 1.807) is 0 Å². The molecule has 0 rings (SSSR count). The van der Waals surface area contributed by atoms with Crippen LogP contribution >= 0.6 is 0 Å². The molecule has 0 heterocycles. The number of hydrogen-bond acceptors (Lipinski definition) is 1. The monoisotopic (exact) mass is 222 g/mol. The van der Waals surface area contributed by atoms with Crippen LogP contribution in [-0.2, 0) is 0 Å². The van der Waals surface area contributed by atoms with E-state index >= 15 is 0 Å². The Hall–Kier alpha value is -0.740. The van der Waals surface area contributed by atoms with Crippen LogP contribution in [0.3, 0.4) is 0 Å². The molecule has 0 aliphatic heterocycles. The van der Waals surface area contributed by atoms with Crippen molar-refractivity contribution in [3.8, 4) is 11.8 Å². The molecule has 0 aromatic rings. The van der Waals surface area contributed by atoms with E-state index in [4.69, 9.17) is 5.11 Å². The summed E-state index contributed by atoms with van der Waals surface area (Å²) in [7, 11) is 0. The van der Waals surface area contributed by atoms with Gasteiger partial charge < -0.3 is 5.11 Å². The summed E-state index contributed by atoms with van der Waals surface area (Å²) < 4.78 is 0. The van der Waals surface area contributed by atoms with Crippen LogP contribution in [0.2, 0.25) is 0 Å². The minimum atomic E-state index is 0.348. The van der Waals surface area contributed by atoms with Crippen LogP contribution in [0.4, 0.5) is 0 Å². The highest BCUT2D eigenvalue weighted by Gasteiger charge is 1.90. The quantitative estimate of drug-likeness (QED) is 0.460. The standard InChI is InChI=1S/C15H26O/c1-2-3-4-5-6-7-8-9-10-11-12-13-14-15-16/h3-4,16H,2,7-15H2,1H3/b4-3+. The molecular weight excluding hydrogens is 196 g/mol. The summed E-state index contributed by atoms with van der Waals surface area (Å²) in [6.45, 7) is 2.47. The number of hydrogen-bond donors (Lipinski definition) is 1. The van der Waals surface area contributed by atoms with E-state index in [2.05, 4.69) is 24.8 Å². The van der Waals surface area contributed by atoms with Crippen LogP contribution in [0, 0.1) is 11.8 Å². The summed E-state index contributed by atoms with van der Waals surface area (Å²) in [4.78, 5) is 0. The number of allylic oxidation sites excluding steroid dienone is 2. The van der Waals surface area contributed by atoms with Gasteiger partial charge in [0.05, 0.1) is 0 Å². The predicted octanol–water partition coefficient (Wildman–Crippen LogP) is 4.07. The Balaban J connectivity index is 3.08. The van der Waals surface area contributed by atoms with Crippen molar-refractivity contribution >= 4 is 0 Å². The van der Waals surface area contributed by atoms with Crippen molar-refractivity contribution in [2.45, 2.75) is 64.7 Å². The third-order valence-electron chi connectivity index (χ3n) is 2.50. The van der Waals surface area contributed by atoms with Crippen molar-refractivity contribution in [1.29, 1.82) is 0 Å². The van der Waals surface area contributed by atoms with Crippen molar-refractivity contribution in [3.05, 3.63) is 12.2 Å². The molecule has 0 aromatic heterocycles. The fourth-order valence-electron chi connectivity index (χ4n) is 1.52. The van der Waals surface area contributed by atoms with Gasteiger partial charge in [0.2, 0.25) is 0 Å². The number of aliphatic hydroxyl groups is 1. The summed E-state index contributed by atoms with van der Waals surface area (Å²) in [5, 5.41) is 8.61. The van der Waals surface area contributed by atoms with E-state index in [0.717, 1.165) is 19.3 Å². The second-order valence-electron chi connectivity index (χ2n) is 4.08. The molecule has 0 aromatic carbocycles. The lowest BCUT2D eigenvalue weighted by Gasteiger charge is -1.98. The van der Waals surface area contributed by atoms with Crippen LogP contribution in [0.5, 0.6) is 0 Å². The van der Waals surface area contributed by atoms with Gasteiger partial charge in [0.1, 0.15) is 0 Å². The minimum Gasteiger partial charge on any atom is -0.396 e. The minimum absolute atomic E-state index is 0.348. The van der Waals surface area contributed by atoms with Crippen LogP contribution in [0.25, 0.3) is 0 Å². The van der Waals surface area contributed by atoms with Gasteiger partial charge in [0.15, 0.2) is 0 Å². The fraction of sp³-hybridized carbons (Fsp3) is 0.733. The molecule has 0 radical (unpaired) electrons. The van der Waals surface area contributed by atoms with Crippen molar-refractivity contribution in [2.24, 2.45) is 0 Å². The molecule has 0 amide bonds. The maximum absolute atomic E-state index is 8.61. The molecule has 0 spiro atoms. The lowest BCUT2D eigenvalue weighted by Crippen LogP contribution is -1.83. The SMILES string of the molecule is CC/C=C/C#CCCCCCCCCCO. The number of aliphatic hydroxyl groups excluding tert-OH is 1. The van der Waals surface area contributed by atoms with Gasteiger partial charge in [0.25, 0.3) is 0 Å². The average molecular weight is 222 g/mol. The van der Waals surface area contributed by atoms with Gasteiger partial charge in [-0.15, -0.1) is 0 Å². The summed E-state index contributed by atoms with van der Waals surface area (Å²) in [5.41, 5.74) is 0.